The second-order valence-electron chi connectivity index (χ2n) is 5.74. The number of anilines is 1. The van der Waals surface area contributed by atoms with Gasteiger partial charge in [0.25, 0.3) is 0 Å². The summed E-state index contributed by atoms with van der Waals surface area (Å²) in [6, 6.07) is 15.3. The quantitative estimate of drug-likeness (QED) is 0.841. The Morgan fingerprint density at radius 1 is 1.17 bits per heavy atom. The van der Waals surface area contributed by atoms with Crippen molar-refractivity contribution in [1.82, 2.24) is 5.32 Å². The lowest BCUT2D eigenvalue weighted by Gasteiger charge is -2.24. The Morgan fingerprint density at radius 2 is 1.83 bits per heavy atom. The molecule has 126 valence electrons. The molecule has 0 aliphatic rings. The van der Waals surface area contributed by atoms with Crippen molar-refractivity contribution < 1.29 is 9.59 Å². The molecule has 0 saturated heterocycles. The molecule has 0 bridgehead atoms. The fourth-order valence-corrected chi connectivity index (χ4v) is 3.02. The van der Waals surface area contributed by atoms with Gasteiger partial charge in [0.2, 0.25) is 11.8 Å². The van der Waals surface area contributed by atoms with E-state index in [4.69, 9.17) is 0 Å². The van der Waals surface area contributed by atoms with Crippen LogP contribution < -0.4 is 10.2 Å². The lowest BCUT2D eigenvalue weighted by atomic mass is 10.1. The summed E-state index contributed by atoms with van der Waals surface area (Å²) in [5.74, 6) is -0.355. The summed E-state index contributed by atoms with van der Waals surface area (Å²) in [4.78, 5) is 25.9. The van der Waals surface area contributed by atoms with Crippen molar-refractivity contribution in [2.75, 3.05) is 11.4 Å². The number of halogens is 1. The second kappa shape index (κ2) is 8.11. The molecular formula is C19H21BrN2O2. The molecule has 2 rings (SSSR count). The first kappa shape index (κ1) is 18.2. The average Bonchev–Trinajstić information content (AvgIpc) is 2.54. The maximum atomic E-state index is 12.4. The molecular weight excluding hydrogens is 368 g/mol. The SMILES string of the molecule is CC(=O)N(CC(=O)NC(C)c1ccccc1)c1ccc(Br)cc1C. The summed E-state index contributed by atoms with van der Waals surface area (Å²) < 4.78 is 0.939. The first-order valence-electron chi connectivity index (χ1n) is 7.77. The smallest absolute Gasteiger partial charge is 0.240 e. The number of benzene rings is 2. The molecule has 0 heterocycles. The number of carbonyl (C=O) groups excluding carboxylic acids is 2. The average molecular weight is 389 g/mol. The van der Waals surface area contributed by atoms with E-state index in [-0.39, 0.29) is 24.4 Å². The standard InChI is InChI=1S/C19H21BrN2O2/c1-13-11-17(20)9-10-18(13)22(15(3)23)12-19(24)21-14(2)16-7-5-4-6-8-16/h4-11,14H,12H2,1-3H3,(H,21,24). The minimum absolute atomic E-state index is 0.00498. The van der Waals surface area contributed by atoms with Crippen LogP contribution in [-0.2, 0) is 9.59 Å². The molecule has 1 N–H and O–H groups in total. The van der Waals surface area contributed by atoms with Gasteiger partial charge in [-0.3, -0.25) is 9.59 Å². The van der Waals surface area contributed by atoms with Gasteiger partial charge < -0.3 is 10.2 Å². The maximum absolute atomic E-state index is 12.4. The van der Waals surface area contributed by atoms with Crippen molar-refractivity contribution in [1.29, 1.82) is 0 Å². The summed E-state index contributed by atoms with van der Waals surface area (Å²) in [6.45, 7) is 5.31. The Labute approximate surface area is 151 Å². The molecule has 4 nitrogen and oxygen atoms in total. The largest absolute Gasteiger partial charge is 0.348 e. The Balaban J connectivity index is 2.10. The zero-order valence-corrected chi connectivity index (χ0v) is 15.6. The number of nitrogens with one attached hydrogen (secondary N) is 1. The van der Waals surface area contributed by atoms with E-state index < -0.39 is 0 Å². The predicted octanol–water partition coefficient (Wildman–Crippen LogP) is 3.99. The van der Waals surface area contributed by atoms with Gasteiger partial charge in [0.1, 0.15) is 6.54 Å². The van der Waals surface area contributed by atoms with Gasteiger partial charge >= 0.3 is 0 Å². The highest BCUT2D eigenvalue weighted by Crippen LogP contribution is 2.24. The molecule has 0 radical (unpaired) electrons. The molecule has 24 heavy (non-hydrogen) atoms. The fourth-order valence-electron chi connectivity index (χ4n) is 2.54. The molecule has 0 spiro atoms. The number of hydrogen-bond donors (Lipinski definition) is 1. The third-order valence-corrected chi connectivity index (χ3v) is 4.30. The van der Waals surface area contributed by atoms with Crippen LogP contribution in [0.15, 0.2) is 53.0 Å². The summed E-state index contributed by atoms with van der Waals surface area (Å²) in [5, 5.41) is 2.94. The van der Waals surface area contributed by atoms with Crippen molar-refractivity contribution in [2.24, 2.45) is 0 Å². The van der Waals surface area contributed by atoms with E-state index in [1.807, 2.05) is 62.4 Å². The number of aryl methyl sites for hydroxylation is 1. The highest BCUT2D eigenvalue weighted by Gasteiger charge is 2.19. The lowest BCUT2D eigenvalue weighted by molar-refractivity contribution is -0.123. The molecule has 2 aromatic rings. The molecule has 5 heteroatoms. The van der Waals surface area contributed by atoms with Gasteiger partial charge in [-0.1, -0.05) is 46.3 Å². The van der Waals surface area contributed by atoms with Crippen LogP contribution in [-0.4, -0.2) is 18.4 Å². The van der Waals surface area contributed by atoms with Gasteiger partial charge in [0, 0.05) is 17.1 Å². The van der Waals surface area contributed by atoms with Crippen molar-refractivity contribution in [3.05, 3.63) is 64.1 Å². The minimum Gasteiger partial charge on any atom is -0.348 e. The first-order chi connectivity index (χ1) is 11.4. The van der Waals surface area contributed by atoms with E-state index in [0.717, 1.165) is 21.3 Å². The summed E-state index contributed by atoms with van der Waals surface area (Å²) in [7, 11) is 0. The van der Waals surface area contributed by atoms with Gasteiger partial charge in [-0.25, -0.2) is 0 Å². The van der Waals surface area contributed by atoms with Crippen molar-refractivity contribution in [2.45, 2.75) is 26.8 Å². The van der Waals surface area contributed by atoms with E-state index >= 15 is 0 Å². The van der Waals surface area contributed by atoms with Gasteiger partial charge in [0.15, 0.2) is 0 Å². The van der Waals surface area contributed by atoms with Crippen LogP contribution in [0.1, 0.15) is 31.0 Å². The van der Waals surface area contributed by atoms with E-state index in [9.17, 15) is 9.59 Å². The summed E-state index contributed by atoms with van der Waals surface area (Å²) >= 11 is 3.41. The highest BCUT2D eigenvalue weighted by molar-refractivity contribution is 9.10. The van der Waals surface area contributed by atoms with E-state index in [2.05, 4.69) is 21.2 Å². The first-order valence-corrected chi connectivity index (χ1v) is 8.56. The third-order valence-electron chi connectivity index (χ3n) is 3.81. The molecule has 0 aliphatic heterocycles. The Hall–Kier alpha value is -2.14. The monoisotopic (exact) mass is 388 g/mol. The second-order valence-corrected chi connectivity index (χ2v) is 6.65. The number of nitrogens with zero attached hydrogens (tertiary/aromatic N) is 1. The van der Waals surface area contributed by atoms with Crippen LogP contribution in [0.4, 0.5) is 5.69 Å². The molecule has 0 fully saturated rings. The Bertz CT molecular complexity index is 731. The lowest BCUT2D eigenvalue weighted by Crippen LogP contribution is -2.41. The van der Waals surface area contributed by atoms with E-state index in [0.29, 0.717) is 0 Å². The van der Waals surface area contributed by atoms with Gasteiger partial charge in [-0.05, 0) is 43.2 Å². The molecule has 0 aromatic heterocycles. The normalized spacial score (nSPS) is 11.7. The molecule has 0 aliphatic carbocycles. The van der Waals surface area contributed by atoms with Gasteiger partial charge in [-0.15, -0.1) is 0 Å². The third kappa shape index (κ3) is 4.68. The van der Waals surface area contributed by atoms with Crippen molar-refractivity contribution >= 4 is 33.4 Å². The highest BCUT2D eigenvalue weighted by atomic mass is 79.9. The topological polar surface area (TPSA) is 49.4 Å². The fraction of sp³-hybridized carbons (Fsp3) is 0.263. The van der Waals surface area contributed by atoms with Gasteiger partial charge in [0.05, 0.1) is 6.04 Å². The number of hydrogen-bond acceptors (Lipinski definition) is 2. The molecule has 2 aromatic carbocycles. The van der Waals surface area contributed by atoms with Gasteiger partial charge in [-0.2, -0.15) is 0 Å². The predicted molar refractivity (Wildman–Crippen MR) is 99.9 cm³/mol. The molecule has 1 unspecified atom stereocenters. The van der Waals surface area contributed by atoms with Crippen LogP contribution >= 0.6 is 15.9 Å². The van der Waals surface area contributed by atoms with E-state index in [1.54, 1.807) is 0 Å². The molecule has 0 saturated carbocycles. The van der Waals surface area contributed by atoms with Crippen molar-refractivity contribution in [3.63, 3.8) is 0 Å². The number of rotatable bonds is 5. The summed E-state index contributed by atoms with van der Waals surface area (Å²) in [5.41, 5.74) is 2.71. The van der Waals surface area contributed by atoms with Crippen LogP contribution in [0.25, 0.3) is 0 Å². The number of amides is 2. The van der Waals surface area contributed by atoms with Crippen molar-refractivity contribution in [3.8, 4) is 0 Å². The van der Waals surface area contributed by atoms with Crippen LogP contribution in [0.3, 0.4) is 0 Å². The summed E-state index contributed by atoms with van der Waals surface area (Å²) in [6.07, 6.45) is 0. The Kier molecular flexibility index (Phi) is 6.15. The zero-order chi connectivity index (χ0) is 17.7. The van der Waals surface area contributed by atoms with Crippen LogP contribution in [0.2, 0.25) is 0 Å². The van der Waals surface area contributed by atoms with E-state index in [1.165, 1.54) is 11.8 Å². The molecule has 1 atom stereocenters. The maximum Gasteiger partial charge on any atom is 0.240 e. The molecule has 2 amide bonds. The Morgan fingerprint density at radius 3 is 2.42 bits per heavy atom. The zero-order valence-electron chi connectivity index (χ0n) is 14.0. The van der Waals surface area contributed by atoms with Crippen LogP contribution in [0, 0.1) is 6.92 Å². The van der Waals surface area contributed by atoms with Crippen LogP contribution in [0.5, 0.6) is 0 Å². The number of carbonyl (C=O) groups is 2. The minimum atomic E-state index is -0.191.